The summed E-state index contributed by atoms with van der Waals surface area (Å²) in [4.78, 5) is 27.0. The number of esters is 1. The molecule has 28 heavy (non-hydrogen) atoms. The van der Waals surface area contributed by atoms with Crippen LogP contribution in [0.5, 0.6) is 5.75 Å². The first-order valence-electron chi connectivity index (χ1n) is 9.54. The Balaban J connectivity index is 1.53. The molecule has 0 aromatic heterocycles. The van der Waals surface area contributed by atoms with Crippen LogP contribution in [-0.4, -0.2) is 35.0 Å². The Hall–Kier alpha value is -3.08. The summed E-state index contributed by atoms with van der Waals surface area (Å²) in [5.41, 5.74) is 2.38. The van der Waals surface area contributed by atoms with E-state index in [2.05, 4.69) is 0 Å². The number of cyclic esters (lactones) is 1. The van der Waals surface area contributed by atoms with Crippen LogP contribution < -0.4 is 0 Å². The first-order valence-corrected chi connectivity index (χ1v) is 9.54. The predicted molar refractivity (Wildman–Crippen MR) is 105 cm³/mol. The highest BCUT2D eigenvalue weighted by molar-refractivity contribution is 5.94. The third kappa shape index (κ3) is 3.28. The van der Waals surface area contributed by atoms with Crippen molar-refractivity contribution in [2.45, 2.75) is 31.8 Å². The number of phenolic OH excluding ortho intramolecular Hbond substituents is 1. The van der Waals surface area contributed by atoms with E-state index in [0.29, 0.717) is 43.5 Å². The van der Waals surface area contributed by atoms with Crippen molar-refractivity contribution < 1.29 is 19.4 Å². The van der Waals surface area contributed by atoms with Crippen LogP contribution >= 0.6 is 0 Å². The molecule has 144 valence electrons. The van der Waals surface area contributed by atoms with Gasteiger partial charge in [0.1, 0.15) is 5.75 Å². The number of aromatic hydroxyl groups is 1. The largest absolute Gasteiger partial charge is 0.508 e. The molecule has 1 atom stereocenters. The zero-order valence-electron chi connectivity index (χ0n) is 15.9. The molecule has 0 radical (unpaired) electrons. The third-order valence-corrected chi connectivity index (χ3v) is 5.68. The molecule has 4 rings (SSSR count). The van der Waals surface area contributed by atoms with Gasteiger partial charge in [-0.05, 0) is 37.5 Å². The highest BCUT2D eigenvalue weighted by atomic mass is 16.6. The van der Waals surface area contributed by atoms with Crippen LogP contribution in [0.2, 0.25) is 0 Å². The van der Waals surface area contributed by atoms with Crippen LogP contribution in [0.4, 0.5) is 0 Å². The highest BCUT2D eigenvalue weighted by Gasteiger charge is 2.47. The number of hydrogen-bond donors (Lipinski definition) is 1. The van der Waals surface area contributed by atoms with Crippen molar-refractivity contribution in [3.8, 4) is 5.75 Å². The molecule has 2 aromatic carbocycles. The number of carbonyl (C=O) groups is 2. The average Bonchev–Trinajstić information content (AvgIpc) is 2.98. The molecule has 0 aliphatic carbocycles. The van der Waals surface area contributed by atoms with Crippen LogP contribution in [0.1, 0.15) is 30.9 Å². The standard InChI is InChI=1S/C23H23NO4/c1-23(17-8-5-9-18(25)14-17)20-15-24(13-12-19(20)22(27)28-23)21(26)11-10-16-6-3-2-4-7-16/h2-9,14,25H,10-13,15H2,1H3. The van der Waals surface area contributed by atoms with E-state index in [4.69, 9.17) is 4.74 Å². The van der Waals surface area contributed by atoms with E-state index in [9.17, 15) is 14.7 Å². The molecule has 0 spiro atoms. The second kappa shape index (κ2) is 7.15. The molecule has 0 saturated carbocycles. The van der Waals surface area contributed by atoms with Crippen LogP contribution in [-0.2, 0) is 26.3 Å². The molecule has 5 heteroatoms. The van der Waals surface area contributed by atoms with Crippen molar-refractivity contribution in [2.75, 3.05) is 13.1 Å². The van der Waals surface area contributed by atoms with Gasteiger partial charge in [0.05, 0.1) is 0 Å². The molecule has 5 nitrogen and oxygen atoms in total. The molecule has 1 unspecified atom stereocenters. The summed E-state index contributed by atoms with van der Waals surface area (Å²) in [5.74, 6) is -0.124. The van der Waals surface area contributed by atoms with E-state index < -0.39 is 5.60 Å². The lowest BCUT2D eigenvalue weighted by atomic mass is 9.84. The summed E-state index contributed by atoms with van der Waals surface area (Å²) in [7, 11) is 0. The maximum atomic E-state index is 12.8. The number of hydrogen-bond acceptors (Lipinski definition) is 4. The molecular weight excluding hydrogens is 354 g/mol. The maximum absolute atomic E-state index is 12.8. The summed E-state index contributed by atoms with van der Waals surface area (Å²) in [6.45, 7) is 2.73. The SMILES string of the molecule is CC1(c2cccc(O)c2)OC(=O)C2=C1CN(C(=O)CCc1ccccc1)CC2. The maximum Gasteiger partial charge on any atom is 0.335 e. The van der Waals surface area contributed by atoms with E-state index in [1.807, 2.05) is 48.2 Å². The van der Waals surface area contributed by atoms with Crippen LogP contribution in [0, 0.1) is 0 Å². The number of nitrogens with zero attached hydrogens (tertiary/aromatic N) is 1. The fourth-order valence-electron chi connectivity index (χ4n) is 4.04. The van der Waals surface area contributed by atoms with Gasteiger partial charge in [-0.3, -0.25) is 4.79 Å². The van der Waals surface area contributed by atoms with Crippen molar-refractivity contribution in [3.05, 3.63) is 76.9 Å². The second-order valence-electron chi connectivity index (χ2n) is 7.48. The summed E-state index contributed by atoms with van der Waals surface area (Å²) in [6.07, 6.45) is 1.63. The van der Waals surface area contributed by atoms with Crippen molar-refractivity contribution >= 4 is 11.9 Å². The quantitative estimate of drug-likeness (QED) is 0.830. The summed E-state index contributed by atoms with van der Waals surface area (Å²) < 4.78 is 5.73. The van der Waals surface area contributed by atoms with E-state index in [0.717, 1.165) is 11.1 Å². The third-order valence-electron chi connectivity index (χ3n) is 5.68. The van der Waals surface area contributed by atoms with Crippen LogP contribution in [0.3, 0.4) is 0 Å². The minimum absolute atomic E-state index is 0.0769. The van der Waals surface area contributed by atoms with Gasteiger partial charge in [-0.15, -0.1) is 0 Å². The Kier molecular flexibility index (Phi) is 4.67. The lowest BCUT2D eigenvalue weighted by molar-refractivity contribution is -0.146. The first kappa shape index (κ1) is 18.3. The Labute approximate surface area is 164 Å². The zero-order chi connectivity index (χ0) is 19.7. The molecular formula is C23H23NO4. The molecule has 2 heterocycles. The summed E-state index contributed by atoms with van der Waals surface area (Å²) in [6, 6.07) is 16.7. The van der Waals surface area contributed by atoms with Gasteiger partial charge in [0, 0.05) is 36.2 Å². The number of amides is 1. The van der Waals surface area contributed by atoms with Gasteiger partial charge in [0.25, 0.3) is 0 Å². The second-order valence-corrected chi connectivity index (χ2v) is 7.48. The highest BCUT2D eigenvalue weighted by Crippen LogP contribution is 2.44. The molecule has 2 aliphatic heterocycles. The van der Waals surface area contributed by atoms with Crippen LogP contribution in [0.15, 0.2) is 65.7 Å². The Morgan fingerprint density at radius 2 is 1.96 bits per heavy atom. The van der Waals surface area contributed by atoms with Gasteiger partial charge in [0.2, 0.25) is 5.91 Å². The van der Waals surface area contributed by atoms with Gasteiger partial charge < -0.3 is 14.7 Å². The molecule has 0 saturated heterocycles. The number of phenols is 1. The first-order chi connectivity index (χ1) is 13.5. The topological polar surface area (TPSA) is 66.8 Å². The Morgan fingerprint density at radius 3 is 2.71 bits per heavy atom. The zero-order valence-corrected chi connectivity index (χ0v) is 15.9. The molecule has 1 amide bonds. The summed E-state index contributed by atoms with van der Waals surface area (Å²) in [5, 5.41) is 9.85. The average molecular weight is 377 g/mol. The van der Waals surface area contributed by atoms with Crippen molar-refractivity contribution in [2.24, 2.45) is 0 Å². The Morgan fingerprint density at radius 1 is 1.18 bits per heavy atom. The van der Waals surface area contributed by atoms with E-state index in [-0.39, 0.29) is 17.6 Å². The fourth-order valence-corrected chi connectivity index (χ4v) is 4.04. The molecule has 2 aliphatic rings. The number of carbonyl (C=O) groups excluding carboxylic acids is 2. The van der Waals surface area contributed by atoms with Crippen molar-refractivity contribution in [1.29, 1.82) is 0 Å². The minimum Gasteiger partial charge on any atom is -0.508 e. The molecule has 0 fully saturated rings. The van der Waals surface area contributed by atoms with Gasteiger partial charge in [-0.2, -0.15) is 0 Å². The smallest absolute Gasteiger partial charge is 0.335 e. The lowest BCUT2D eigenvalue weighted by Crippen LogP contribution is -2.40. The molecule has 0 bridgehead atoms. The Bertz CT molecular complexity index is 950. The monoisotopic (exact) mass is 377 g/mol. The number of ether oxygens (including phenoxy) is 1. The lowest BCUT2D eigenvalue weighted by Gasteiger charge is -2.33. The van der Waals surface area contributed by atoms with Crippen LogP contribution in [0.25, 0.3) is 0 Å². The molecule has 2 aromatic rings. The summed E-state index contributed by atoms with van der Waals surface area (Å²) >= 11 is 0. The van der Waals surface area contributed by atoms with E-state index in [1.165, 1.54) is 0 Å². The minimum atomic E-state index is -0.955. The van der Waals surface area contributed by atoms with Gasteiger partial charge in [-0.1, -0.05) is 42.5 Å². The van der Waals surface area contributed by atoms with E-state index in [1.54, 1.807) is 18.2 Å². The van der Waals surface area contributed by atoms with Gasteiger partial charge in [-0.25, -0.2) is 4.79 Å². The fraction of sp³-hybridized carbons (Fsp3) is 0.304. The number of rotatable bonds is 4. The van der Waals surface area contributed by atoms with E-state index >= 15 is 0 Å². The predicted octanol–water partition coefficient (Wildman–Crippen LogP) is 3.33. The number of aryl methyl sites for hydroxylation is 1. The van der Waals surface area contributed by atoms with Gasteiger partial charge in [0.15, 0.2) is 5.60 Å². The van der Waals surface area contributed by atoms with Gasteiger partial charge >= 0.3 is 5.97 Å². The molecule has 1 N–H and O–H groups in total. The van der Waals surface area contributed by atoms with Crippen molar-refractivity contribution in [3.63, 3.8) is 0 Å². The van der Waals surface area contributed by atoms with Crippen molar-refractivity contribution in [1.82, 2.24) is 4.90 Å². The normalized spacial score (nSPS) is 21.5. The number of benzene rings is 2.